The zero-order valence-corrected chi connectivity index (χ0v) is 13.2. The van der Waals surface area contributed by atoms with Gasteiger partial charge in [-0.05, 0) is 37.5 Å². The van der Waals surface area contributed by atoms with Gasteiger partial charge in [0.1, 0.15) is 0 Å². The Hall–Kier alpha value is -0.910. The van der Waals surface area contributed by atoms with Crippen molar-refractivity contribution in [3.63, 3.8) is 0 Å². The first kappa shape index (κ1) is 15.5. The summed E-state index contributed by atoms with van der Waals surface area (Å²) in [5.74, 6) is -0.334. The summed E-state index contributed by atoms with van der Waals surface area (Å²) in [5, 5.41) is 10.4. The molecule has 3 N–H and O–H groups in total. The van der Waals surface area contributed by atoms with Gasteiger partial charge < -0.3 is 10.8 Å². The fourth-order valence-electron chi connectivity index (χ4n) is 2.71. The van der Waals surface area contributed by atoms with E-state index in [4.69, 9.17) is 5.73 Å². The second kappa shape index (κ2) is 6.70. The number of primary amides is 1. The van der Waals surface area contributed by atoms with Crippen LogP contribution >= 0.6 is 15.9 Å². The zero-order valence-electron chi connectivity index (χ0n) is 11.6. The largest absolute Gasteiger partial charge is 0.387 e. The standard InChI is InChI=1S/C15H21BrN2O2/c1-10-5-6-12(15(17)20)8-18(10)9-14(19)11-3-2-4-13(16)7-11/h2-4,7,10,12,14,19H,5-6,8-9H2,1H3,(H2,17,20). The molecular formula is C15H21BrN2O2. The number of rotatable bonds is 4. The Morgan fingerprint density at radius 2 is 2.30 bits per heavy atom. The van der Waals surface area contributed by atoms with Crippen molar-refractivity contribution < 1.29 is 9.90 Å². The number of nitrogens with zero attached hydrogens (tertiary/aromatic N) is 1. The van der Waals surface area contributed by atoms with E-state index < -0.39 is 6.10 Å². The average Bonchev–Trinajstić information content (AvgIpc) is 2.41. The molecule has 1 aromatic rings. The first-order valence-electron chi connectivity index (χ1n) is 6.94. The number of likely N-dealkylation sites (tertiary alicyclic amines) is 1. The van der Waals surface area contributed by atoms with E-state index in [0.717, 1.165) is 22.9 Å². The van der Waals surface area contributed by atoms with Crippen molar-refractivity contribution in [1.29, 1.82) is 0 Å². The number of hydrogen-bond donors (Lipinski definition) is 2. The minimum Gasteiger partial charge on any atom is -0.387 e. The summed E-state index contributed by atoms with van der Waals surface area (Å²) in [6, 6.07) is 8.05. The van der Waals surface area contributed by atoms with Gasteiger partial charge in [-0.2, -0.15) is 0 Å². The van der Waals surface area contributed by atoms with Crippen LogP contribution in [0.4, 0.5) is 0 Å². The second-order valence-corrected chi connectivity index (χ2v) is 6.47. The minimum absolute atomic E-state index is 0.0964. The summed E-state index contributed by atoms with van der Waals surface area (Å²) in [5.41, 5.74) is 6.28. The Morgan fingerprint density at radius 3 is 2.95 bits per heavy atom. The van der Waals surface area contributed by atoms with Gasteiger partial charge in [0.15, 0.2) is 0 Å². The number of benzene rings is 1. The van der Waals surface area contributed by atoms with Crippen molar-refractivity contribution in [3.8, 4) is 0 Å². The van der Waals surface area contributed by atoms with E-state index in [9.17, 15) is 9.90 Å². The quantitative estimate of drug-likeness (QED) is 0.881. The average molecular weight is 341 g/mol. The summed E-state index contributed by atoms with van der Waals surface area (Å²) < 4.78 is 0.954. The van der Waals surface area contributed by atoms with Gasteiger partial charge in [0, 0.05) is 23.6 Å². The lowest BCUT2D eigenvalue weighted by Gasteiger charge is -2.38. The van der Waals surface area contributed by atoms with Crippen LogP contribution in [0.5, 0.6) is 0 Å². The summed E-state index contributed by atoms with van der Waals surface area (Å²) in [6.45, 7) is 3.30. The predicted octanol–water partition coefficient (Wildman–Crippen LogP) is 2.07. The van der Waals surface area contributed by atoms with E-state index in [1.54, 1.807) is 0 Å². The number of carbonyl (C=O) groups is 1. The molecule has 5 heteroatoms. The molecule has 1 aliphatic rings. The summed E-state index contributed by atoms with van der Waals surface area (Å²) in [4.78, 5) is 13.5. The van der Waals surface area contributed by atoms with Crippen molar-refractivity contribution in [2.45, 2.75) is 31.9 Å². The topological polar surface area (TPSA) is 66.6 Å². The van der Waals surface area contributed by atoms with Gasteiger partial charge in [-0.1, -0.05) is 28.1 Å². The van der Waals surface area contributed by atoms with Crippen LogP contribution in [0.3, 0.4) is 0 Å². The lowest BCUT2D eigenvalue weighted by Crippen LogP contribution is -2.47. The van der Waals surface area contributed by atoms with E-state index in [2.05, 4.69) is 27.8 Å². The number of piperidine rings is 1. The number of β-amino-alcohol motifs (C(OH)–C–C–N with tert-alkyl or cyclic N) is 1. The molecular weight excluding hydrogens is 320 g/mol. The highest BCUT2D eigenvalue weighted by Crippen LogP contribution is 2.25. The molecule has 3 atom stereocenters. The molecule has 1 aromatic carbocycles. The highest BCUT2D eigenvalue weighted by Gasteiger charge is 2.29. The smallest absolute Gasteiger partial charge is 0.221 e. The maximum absolute atomic E-state index is 11.3. The van der Waals surface area contributed by atoms with Crippen LogP contribution in [0, 0.1) is 5.92 Å². The normalized spacial score (nSPS) is 25.4. The molecule has 1 heterocycles. The van der Waals surface area contributed by atoms with Gasteiger partial charge >= 0.3 is 0 Å². The highest BCUT2D eigenvalue weighted by atomic mass is 79.9. The third-order valence-electron chi connectivity index (χ3n) is 4.05. The van der Waals surface area contributed by atoms with Gasteiger partial charge in [-0.15, -0.1) is 0 Å². The van der Waals surface area contributed by atoms with E-state index in [1.165, 1.54) is 0 Å². The fourth-order valence-corrected chi connectivity index (χ4v) is 3.12. The van der Waals surface area contributed by atoms with E-state index in [1.807, 2.05) is 24.3 Å². The van der Waals surface area contributed by atoms with Crippen molar-refractivity contribution in [2.75, 3.05) is 13.1 Å². The zero-order chi connectivity index (χ0) is 14.7. The van der Waals surface area contributed by atoms with Crippen LogP contribution < -0.4 is 5.73 Å². The molecule has 0 aromatic heterocycles. The number of amides is 1. The lowest BCUT2D eigenvalue weighted by atomic mass is 9.92. The molecule has 0 spiro atoms. The van der Waals surface area contributed by atoms with Gasteiger partial charge in [0.25, 0.3) is 0 Å². The van der Waals surface area contributed by atoms with Crippen LogP contribution in [-0.2, 0) is 4.79 Å². The molecule has 1 fully saturated rings. The summed E-state index contributed by atoms with van der Waals surface area (Å²) >= 11 is 3.41. The van der Waals surface area contributed by atoms with Crippen LogP contribution in [0.15, 0.2) is 28.7 Å². The first-order valence-corrected chi connectivity index (χ1v) is 7.73. The molecule has 1 saturated heterocycles. The highest BCUT2D eigenvalue weighted by molar-refractivity contribution is 9.10. The SMILES string of the molecule is CC1CCC(C(N)=O)CN1CC(O)c1cccc(Br)c1. The van der Waals surface area contributed by atoms with Crippen molar-refractivity contribution in [3.05, 3.63) is 34.3 Å². The molecule has 0 radical (unpaired) electrons. The van der Waals surface area contributed by atoms with Crippen molar-refractivity contribution in [2.24, 2.45) is 11.7 Å². The monoisotopic (exact) mass is 340 g/mol. The maximum atomic E-state index is 11.3. The van der Waals surface area contributed by atoms with Crippen molar-refractivity contribution >= 4 is 21.8 Å². The Balaban J connectivity index is 2.02. The fraction of sp³-hybridized carbons (Fsp3) is 0.533. The number of aliphatic hydroxyl groups excluding tert-OH is 1. The van der Waals surface area contributed by atoms with Gasteiger partial charge in [-0.3, -0.25) is 9.69 Å². The number of aliphatic hydroxyl groups is 1. The van der Waals surface area contributed by atoms with E-state index in [0.29, 0.717) is 19.1 Å². The Kier molecular flexibility index (Phi) is 5.18. The first-order chi connectivity index (χ1) is 9.47. The summed E-state index contributed by atoms with van der Waals surface area (Å²) in [6.07, 6.45) is 1.24. The molecule has 110 valence electrons. The van der Waals surface area contributed by atoms with Crippen LogP contribution in [0.1, 0.15) is 31.4 Å². The van der Waals surface area contributed by atoms with Crippen LogP contribution in [0.25, 0.3) is 0 Å². The van der Waals surface area contributed by atoms with Crippen molar-refractivity contribution in [1.82, 2.24) is 4.90 Å². The number of hydrogen-bond acceptors (Lipinski definition) is 3. The number of halogens is 1. The minimum atomic E-state index is -0.554. The van der Waals surface area contributed by atoms with Crippen LogP contribution in [-0.4, -0.2) is 35.0 Å². The maximum Gasteiger partial charge on any atom is 0.221 e. The summed E-state index contributed by atoms with van der Waals surface area (Å²) in [7, 11) is 0. The molecule has 1 amide bonds. The molecule has 3 unspecified atom stereocenters. The van der Waals surface area contributed by atoms with Gasteiger partial charge in [0.2, 0.25) is 5.91 Å². The molecule has 0 saturated carbocycles. The van der Waals surface area contributed by atoms with E-state index >= 15 is 0 Å². The Labute approximate surface area is 128 Å². The molecule has 1 aliphatic heterocycles. The second-order valence-electron chi connectivity index (χ2n) is 5.55. The number of nitrogens with two attached hydrogens (primary N) is 1. The molecule has 0 aliphatic carbocycles. The Bertz CT molecular complexity index is 481. The van der Waals surface area contributed by atoms with Gasteiger partial charge in [0.05, 0.1) is 12.0 Å². The molecule has 2 rings (SSSR count). The van der Waals surface area contributed by atoms with E-state index in [-0.39, 0.29) is 11.8 Å². The van der Waals surface area contributed by atoms with Gasteiger partial charge in [-0.25, -0.2) is 0 Å². The lowest BCUT2D eigenvalue weighted by molar-refractivity contribution is -0.124. The third kappa shape index (κ3) is 3.81. The predicted molar refractivity (Wildman–Crippen MR) is 82.1 cm³/mol. The molecule has 4 nitrogen and oxygen atoms in total. The molecule has 0 bridgehead atoms. The Morgan fingerprint density at radius 1 is 1.55 bits per heavy atom. The van der Waals surface area contributed by atoms with Crippen LogP contribution in [0.2, 0.25) is 0 Å². The molecule has 20 heavy (non-hydrogen) atoms. The number of carbonyl (C=O) groups excluding carboxylic acids is 1. The third-order valence-corrected chi connectivity index (χ3v) is 4.55.